The van der Waals surface area contributed by atoms with Crippen molar-refractivity contribution in [2.24, 2.45) is 5.73 Å². The van der Waals surface area contributed by atoms with Crippen LogP contribution in [0.4, 0.5) is 0 Å². The molecule has 2 aromatic rings. The average Bonchev–Trinajstić information content (AvgIpc) is 2.79. The van der Waals surface area contributed by atoms with Crippen molar-refractivity contribution in [1.29, 1.82) is 0 Å². The molecule has 1 saturated heterocycles. The predicted octanol–water partition coefficient (Wildman–Crippen LogP) is 0.735. The van der Waals surface area contributed by atoms with Gasteiger partial charge in [-0.1, -0.05) is 36.4 Å². The van der Waals surface area contributed by atoms with Crippen molar-refractivity contribution >= 4 is 11.8 Å². The first-order chi connectivity index (χ1) is 14.5. The van der Waals surface area contributed by atoms with Crippen molar-refractivity contribution in [2.45, 2.75) is 18.6 Å². The van der Waals surface area contributed by atoms with Gasteiger partial charge in [-0.2, -0.15) is 0 Å². The third-order valence-electron chi connectivity index (χ3n) is 5.48. The second-order valence-corrected chi connectivity index (χ2v) is 7.75. The maximum Gasteiger partial charge on any atom is 0.253 e. The Bertz CT molecular complexity index is 851. The van der Waals surface area contributed by atoms with E-state index in [2.05, 4.69) is 10.2 Å². The van der Waals surface area contributed by atoms with Gasteiger partial charge in [-0.25, -0.2) is 0 Å². The molecule has 1 aliphatic rings. The van der Waals surface area contributed by atoms with Gasteiger partial charge in [-0.15, -0.1) is 0 Å². The number of amides is 2. The van der Waals surface area contributed by atoms with Crippen LogP contribution < -0.4 is 11.1 Å². The van der Waals surface area contributed by atoms with Crippen molar-refractivity contribution in [2.75, 3.05) is 39.8 Å². The molecule has 2 atom stereocenters. The summed E-state index contributed by atoms with van der Waals surface area (Å²) < 4.78 is 0. The fraction of sp³-hybridized carbons (Fsp3) is 0.391. The van der Waals surface area contributed by atoms with Gasteiger partial charge in [0, 0.05) is 43.9 Å². The number of nitrogens with two attached hydrogens (primary N) is 1. The number of carbonyl (C=O) groups is 2. The van der Waals surface area contributed by atoms with E-state index in [9.17, 15) is 14.7 Å². The minimum absolute atomic E-state index is 0.0414. The molecule has 1 fully saturated rings. The van der Waals surface area contributed by atoms with Crippen LogP contribution in [0.3, 0.4) is 0 Å². The van der Waals surface area contributed by atoms with Crippen molar-refractivity contribution < 1.29 is 14.7 Å². The number of nitrogens with zero attached hydrogens (tertiary/aromatic N) is 2. The monoisotopic (exact) mass is 410 g/mol. The molecule has 30 heavy (non-hydrogen) atoms. The largest absolute Gasteiger partial charge is 0.390 e. The first kappa shape index (κ1) is 22.0. The van der Waals surface area contributed by atoms with E-state index in [1.165, 1.54) is 0 Å². The molecule has 1 aliphatic heterocycles. The normalized spacial score (nSPS) is 16.7. The number of hydrogen-bond donors (Lipinski definition) is 3. The fourth-order valence-corrected chi connectivity index (χ4v) is 3.55. The Labute approximate surface area is 177 Å². The van der Waals surface area contributed by atoms with Crippen molar-refractivity contribution in [3.63, 3.8) is 0 Å². The number of hydrogen-bond acceptors (Lipinski definition) is 5. The van der Waals surface area contributed by atoms with Crippen LogP contribution in [0.25, 0.3) is 0 Å². The van der Waals surface area contributed by atoms with E-state index < -0.39 is 12.1 Å². The summed E-state index contributed by atoms with van der Waals surface area (Å²) in [5.41, 5.74) is 7.52. The van der Waals surface area contributed by atoms with E-state index in [1.54, 1.807) is 24.3 Å². The molecule has 160 valence electrons. The molecule has 1 heterocycles. The zero-order valence-electron chi connectivity index (χ0n) is 17.3. The predicted molar refractivity (Wildman–Crippen MR) is 116 cm³/mol. The number of aliphatic hydroxyl groups excluding tert-OH is 1. The molecule has 2 aromatic carbocycles. The van der Waals surface area contributed by atoms with Gasteiger partial charge in [-0.3, -0.25) is 9.59 Å². The lowest BCUT2D eigenvalue weighted by Crippen LogP contribution is -2.48. The lowest BCUT2D eigenvalue weighted by molar-refractivity contribution is 0.0664. The van der Waals surface area contributed by atoms with E-state index >= 15 is 0 Å². The number of likely N-dealkylation sites (N-methyl/N-ethyl adjacent to an activating group) is 1. The molecule has 0 saturated carbocycles. The lowest BCUT2D eigenvalue weighted by Gasteiger charge is -2.32. The second-order valence-electron chi connectivity index (χ2n) is 7.75. The molecule has 0 radical (unpaired) electrons. The number of piperazine rings is 1. The van der Waals surface area contributed by atoms with E-state index in [0.29, 0.717) is 30.6 Å². The van der Waals surface area contributed by atoms with Crippen molar-refractivity contribution in [1.82, 2.24) is 15.1 Å². The molecule has 0 aliphatic carbocycles. The SMILES string of the molecule is CN1CCN(C(=O)c2cccc(C(=O)N[C@@H](Cc3ccccc3)[C@H](O)CN)c2)CC1. The molecule has 4 N–H and O–H groups in total. The first-order valence-corrected chi connectivity index (χ1v) is 10.3. The van der Waals surface area contributed by atoms with Crippen molar-refractivity contribution in [3.8, 4) is 0 Å². The third-order valence-corrected chi connectivity index (χ3v) is 5.48. The molecule has 0 spiro atoms. The Balaban J connectivity index is 1.70. The summed E-state index contributed by atoms with van der Waals surface area (Å²) in [6.45, 7) is 3.06. The molecular formula is C23H30N4O3. The van der Waals surface area contributed by atoms with Crippen LogP contribution in [0.15, 0.2) is 54.6 Å². The first-order valence-electron chi connectivity index (χ1n) is 10.3. The third kappa shape index (κ3) is 5.66. The van der Waals surface area contributed by atoms with Gasteiger partial charge in [0.2, 0.25) is 0 Å². The van der Waals surface area contributed by atoms with E-state index in [1.807, 2.05) is 42.3 Å². The number of rotatable bonds is 7. The highest BCUT2D eigenvalue weighted by atomic mass is 16.3. The molecule has 2 amide bonds. The molecule has 3 rings (SSSR count). The number of carbonyl (C=O) groups excluding carboxylic acids is 2. The highest BCUT2D eigenvalue weighted by Gasteiger charge is 2.23. The van der Waals surface area contributed by atoms with Gasteiger partial charge in [0.1, 0.15) is 0 Å². The molecular weight excluding hydrogens is 380 g/mol. The highest BCUT2D eigenvalue weighted by molar-refractivity contribution is 5.99. The number of nitrogens with one attached hydrogen (secondary N) is 1. The van der Waals surface area contributed by atoms with Crippen LogP contribution in [0.1, 0.15) is 26.3 Å². The molecule has 0 aromatic heterocycles. The fourth-order valence-electron chi connectivity index (χ4n) is 3.55. The quantitative estimate of drug-likeness (QED) is 0.625. The summed E-state index contributed by atoms with van der Waals surface area (Å²) in [4.78, 5) is 29.7. The number of benzene rings is 2. The maximum absolute atomic E-state index is 12.9. The van der Waals surface area contributed by atoms with Gasteiger partial charge in [0.15, 0.2) is 0 Å². The van der Waals surface area contributed by atoms with Gasteiger partial charge in [0.25, 0.3) is 11.8 Å². The molecule has 0 unspecified atom stereocenters. The minimum Gasteiger partial charge on any atom is -0.390 e. The van der Waals surface area contributed by atoms with Crippen LogP contribution in [0.5, 0.6) is 0 Å². The average molecular weight is 411 g/mol. The Hall–Kier alpha value is -2.74. The Kier molecular flexibility index (Phi) is 7.57. The molecule has 7 heteroatoms. The van der Waals surface area contributed by atoms with E-state index in [4.69, 9.17) is 5.73 Å². The highest BCUT2D eigenvalue weighted by Crippen LogP contribution is 2.12. The van der Waals surface area contributed by atoms with E-state index in [-0.39, 0.29) is 18.4 Å². The maximum atomic E-state index is 12.9. The van der Waals surface area contributed by atoms with Crippen LogP contribution in [0, 0.1) is 0 Å². The summed E-state index contributed by atoms with van der Waals surface area (Å²) in [7, 11) is 2.04. The number of aliphatic hydroxyl groups is 1. The van der Waals surface area contributed by atoms with Gasteiger partial charge in [-0.05, 0) is 37.2 Å². The Morgan fingerprint density at radius 2 is 1.70 bits per heavy atom. The Morgan fingerprint density at radius 1 is 1.03 bits per heavy atom. The minimum atomic E-state index is -0.871. The topological polar surface area (TPSA) is 98.9 Å². The zero-order valence-corrected chi connectivity index (χ0v) is 17.3. The van der Waals surface area contributed by atoms with E-state index in [0.717, 1.165) is 18.7 Å². The smallest absolute Gasteiger partial charge is 0.253 e. The Morgan fingerprint density at radius 3 is 2.37 bits per heavy atom. The van der Waals surface area contributed by atoms with Crippen LogP contribution in [-0.4, -0.2) is 78.6 Å². The zero-order chi connectivity index (χ0) is 21.5. The van der Waals surface area contributed by atoms with Crippen LogP contribution >= 0.6 is 0 Å². The summed E-state index contributed by atoms with van der Waals surface area (Å²) in [6.07, 6.45) is -0.408. The van der Waals surface area contributed by atoms with Crippen molar-refractivity contribution in [3.05, 3.63) is 71.3 Å². The van der Waals surface area contributed by atoms with Gasteiger partial charge in [0.05, 0.1) is 12.1 Å². The van der Waals surface area contributed by atoms with Crippen LogP contribution in [0.2, 0.25) is 0 Å². The summed E-state index contributed by atoms with van der Waals surface area (Å²) >= 11 is 0. The lowest BCUT2D eigenvalue weighted by atomic mass is 10.0. The summed E-state index contributed by atoms with van der Waals surface area (Å²) in [5, 5.41) is 13.2. The molecule has 7 nitrogen and oxygen atoms in total. The second kappa shape index (κ2) is 10.3. The standard InChI is InChI=1S/C23H30N4O3/c1-26-10-12-27(13-11-26)23(30)19-9-5-8-18(15-19)22(29)25-20(21(28)16-24)14-17-6-3-2-4-7-17/h2-9,15,20-21,28H,10-14,16,24H2,1H3,(H,25,29)/t20-,21+/m0/s1. The van der Waals surface area contributed by atoms with Gasteiger partial charge < -0.3 is 26.0 Å². The van der Waals surface area contributed by atoms with Gasteiger partial charge >= 0.3 is 0 Å². The summed E-state index contributed by atoms with van der Waals surface area (Å²) in [5.74, 6) is -0.406. The molecule has 0 bridgehead atoms. The van der Waals surface area contributed by atoms with Crippen LogP contribution in [-0.2, 0) is 6.42 Å². The summed E-state index contributed by atoms with van der Waals surface area (Å²) in [6, 6.07) is 15.8.